The summed E-state index contributed by atoms with van der Waals surface area (Å²) in [7, 11) is 0. The maximum Gasteiger partial charge on any atom is 0.225 e. The second-order valence-corrected chi connectivity index (χ2v) is 7.20. The van der Waals surface area contributed by atoms with Crippen molar-refractivity contribution in [1.82, 2.24) is 19.6 Å². The molecule has 0 saturated carbocycles. The van der Waals surface area contributed by atoms with E-state index in [-0.39, 0.29) is 5.95 Å². The molecular weight excluding hydrogens is 366 g/mol. The minimum absolute atomic E-state index is 0.267. The second kappa shape index (κ2) is 6.63. The van der Waals surface area contributed by atoms with Crippen LogP contribution in [0.3, 0.4) is 0 Å². The summed E-state index contributed by atoms with van der Waals surface area (Å²) < 4.78 is 6.88. The molecule has 0 amide bonds. The van der Waals surface area contributed by atoms with E-state index in [2.05, 4.69) is 26.0 Å². The number of nitrogens with two attached hydrogens (primary N) is 1. The van der Waals surface area contributed by atoms with Crippen LogP contribution in [0.5, 0.6) is 0 Å². The van der Waals surface area contributed by atoms with Crippen LogP contribution in [0.15, 0.2) is 59.2 Å². The zero-order valence-electron chi connectivity index (χ0n) is 15.7. The Bertz CT molecular complexity index is 1180. The van der Waals surface area contributed by atoms with E-state index in [1.165, 1.54) is 4.52 Å². The first-order valence-electron chi connectivity index (χ1n) is 9.47. The average Bonchev–Trinajstić information content (AvgIpc) is 3.44. The van der Waals surface area contributed by atoms with Crippen LogP contribution in [0, 0.1) is 11.3 Å². The molecule has 0 spiro atoms. The van der Waals surface area contributed by atoms with Gasteiger partial charge in [0.15, 0.2) is 11.4 Å². The third-order valence-electron chi connectivity index (χ3n) is 5.56. The molecule has 1 aromatic carbocycles. The number of benzene rings is 1. The number of rotatable bonds is 3. The molecule has 1 fully saturated rings. The van der Waals surface area contributed by atoms with Crippen molar-refractivity contribution in [3.63, 3.8) is 0 Å². The van der Waals surface area contributed by atoms with Gasteiger partial charge in [-0.25, -0.2) is 4.98 Å². The Labute approximate surface area is 167 Å². The molecule has 0 radical (unpaired) electrons. The van der Waals surface area contributed by atoms with E-state index in [4.69, 9.17) is 10.2 Å². The van der Waals surface area contributed by atoms with Crippen molar-refractivity contribution in [2.24, 2.45) is 0 Å². The van der Waals surface area contributed by atoms with Crippen molar-refractivity contribution < 1.29 is 4.42 Å². The Morgan fingerprint density at radius 3 is 2.55 bits per heavy atom. The second-order valence-electron chi connectivity index (χ2n) is 7.20. The molecule has 1 aliphatic rings. The lowest BCUT2D eigenvalue weighted by molar-refractivity contribution is 0.414. The van der Waals surface area contributed by atoms with Crippen LogP contribution in [0.2, 0.25) is 0 Å². The zero-order chi connectivity index (χ0) is 19.8. The Morgan fingerprint density at radius 2 is 1.86 bits per heavy atom. The molecule has 1 saturated heterocycles. The average molecular weight is 385 g/mol. The molecule has 144 valence electrons. The summed E-state index contributed by atoms with van der Waals surface area (Å²) in [5, 5.41) is 14.3. The number of anilines is 2. The molecule has 0 atom stereocenters. The summed E-state index contributed by atoms with van der Waals surface area (Å²) in [6, 6.07) is 18.0. The topological polar surface area (TPSA) is 109 Å². The van der Waals surface area contributed by atoms with Crippen LogP contribution in [-0.2, 0) is 5.41 Å². The molecule has 0 unspecified atom stereocenters. The fraction of sp³-hybridized carbons (Fsp3) is 0.238. The first-order valence-corrected chi connectivity index (χ1v) is 9.47. The summed E-state index contributed by atoms with van der Waals surface area (Å²) in [6.07, 6.45) is 3.03. The first kappa shape index (κ1) is 17.3. The Balaban J connectivity index is 1.43. The molecule has 0 aliphatic carbocycles. The number of piperidine rings is 1. The standard InChI is InChI=1S/C21H19N7O/c22-14-21(15-5-2-1-3-6-15)8-10-27(11-9-21)17-13-18-24-19(16-7-4-12-29-16)26-28(18)20(23)25-17/h1-7,12-13H,8-11H2,(H2,23,25). The quantitative estimate of drug-likeness (QED) is 0.577. The van der Waals surface area contributed by atoms with E-state index < -0.39 is 5.41 Å². The lowest BCUT2D eigenvalue weighted by Gasteiger charge is -2.38. The maximum atomic E-state index is 9.90. The fourth-order valence-electron chi connectivity index (χ4n) is 3.91. The smallest absolute Gasteiger partial charge is 0.225 e. The van der Waals surface area contributed by atoms with Crippen LogP contribution in [0.1, 0.15) is 18.4 Å². The highest BCUT2D eigenvalue weighted by atomic mass is 16.3. The number of hydrogen-bond acceptors (Lipinski definition) is 7. The molecule has 3 aromatic heterocycles. The van der Waals surface area contributed by atoms with Crippen molar-refractivity contribution in [2.45, 2.75) is 18.3 Å². The molecule has 8 heteroatoms. The van der Waals surface area contributed by atoms with Crippen LogP contribution in [0.4, 0.5) is 11.8 Å². The van der Waals surface area contributed by atoms with E-state index in [0.717, 1.165) is 24.2 Å². The van der Waals surface area contributed by atoms with Gasteiger partial charge in [0, 0.05) is 19.2 Å². The minimum Gasteiger partial charge on any atom is -0.461 e. The van der Waals surface area contributed by atoms with Crippen molar-refractivity contribution >= 4 is 17.4 Å². The third-order valence-corrected chi connectivity index (χ3v) is 5.56. The fourth-order valence-corrected chi connectivity index (χ4v) is 3.91. The highest BCUT2D eigenvalue weighted by Crippen LogP contribution is 2.36. The molecule has 29 heavy (non-hydrogen) atoms. The van der Waals surface area contributed by atoms with Gasteiger partial charge in [-0.05, 0) is 30.5 Å². The predicted molar refractivity (Wildman–Crippen MR) is 108 cm³/mol. The summed E-state index contributed by atoms with van der Waals surface area (Å²) in [5.74, 6) is 2.05. The Kier molecular flexibility index (Phi) is 3.95. The SMILES string of the molecule is N#CC1(c2ccccc2)CCN(c2cc3nc(-c4ccco4)nn3c(N)n2)CC1. The lowest BCUT2D eigenvalue weighted by Crippen LogP contribution is -2.42. The van der Waals surface area contributed by atoms with Crippen molar-refractivity contribution in [2.75, 3.05) is 23.7 Å². The van der Waals surface area contributed by atoms with Gasteiger partial charge in [-0.15, -0.1) is 5.10 Å². The lowest BCUT2D eigenvalue weighted by atomic mass is 9.74. The number of furan rings is 1. The maximum absolute atomic E-state index is 9.90. The molecule has 8 nitrogen and oxygen atoms in total. The highest BCUT2D eigenvalue weighted by Gasteiger charge is 2.37. The third kappa shape index (κ3) is 2.88. The van der Waals surface area contributed by atoms with E-state index in [0.29, 0.717) is 30.3 Å². The van der Waals surface area contributed by atoms with E-state index >= 15 is 0 Å². The van der Waals surface area contributed by atoms with Gasteiger partial charge in [0.1, 0.15) is 5.82 Å². The summed E-state index contributed by atoms with van der Waals surface area (Å²) >= 11 is 0. The summed E-state index contributed by atoms with van der Waals surface area (Å²) in [6.45, 7) is 1.43. The van der Waals surface area contributed by atoms with Crippen molar-refractivity contribution in [3.8, 4) is 17.7 Å². The molecule has 4 heterocycles. The van der Waals surface area contributed by atoms with E-state index in [9.17, 15) is 5.26 Å². The molecular formula is C21H19N7O. The molecule has 1 aliphatic heterocycles. The van der Waals surface area contributed by atoms with E-state index in [1.54, 1.807) is 18.4 Å². The molecule has 2 N–H and O–H groups in total. The minimum atomic E-state index is -0.464. The monoisotopic (exact) mass is 385 g/mol. The van der Waals surface area contributed by atoms with E-state index in [1.807, 2.05) is 36.4 Å². The van der Waals surface area contributed by atoms with Gasteiger partial charge in [0.05, 0.1) is 17.7 Å². The molecule has 0 bridgehead atoms. The summed E-state index contributed by atoms with van der Waals surface area (Å²) in [5.41, 5.74) is 7.36. The first-order chi connectivity index (χ1) is 14.2. The Morgan fingerprint density at radius 1 is 1.07 bits per heavy atom. The van der Waals surface area contributed by atoms with Gasteiger partial charge in [-0.3, -0.25) is 0 Å². The molecule has 5 rings (SSSR count). The van der Waals surface area contributed by atoms with Gasteiger partial charge in [0.25, 0.3) is 0 Å². The van der Waals surface area contributed by atoms with Crippen LogP contribution in [-0.4, -0.2) is 32.7 Å². The highest BCUT2D eigenvalue weighted by molar-refractivity contribution is 5.60. The normalized spacial score (nSPS) is 16.0. The number of nitriles is 1. The largest absolute Gasteiger partial charge is 0.461 e. The van der Waals surface area contributed by atoms with Gasteiger partial charge >= 0.3 is 0 Å². The van der Waals surface area contributed by atoms with Gasteiger partial charge in [-0.1, -0.05) is 30.3 Å². The number of fused-ring (bicyclic) bond motifs is 1. The number of nitrogen functional groups attached to an aromatic ring is 1. The van der Waals surface area contributed by atoms with Crippen LogP contribution in [0.25, 0.3) is 17.2 Å². The van der Waals surface area contributed by atoms with Crippen LogP contribution >= 0.6 is 0 Å². The predicted octanol–water partition coefficient (Wildman–Crippen LogP) is 3.03. The molecule has 4 aromatic rings. The van der Waals surface area contributed by atoms with Crippen molar-refractivity contribution in [3.05, 3.63) is 60.4 Å². The number of nitrogens with zero attached hydrogens (tertiary/aromatic N) is 6. The summed E-state index contributed by atoms with van der Waals surface area (Å²) in [4.78, 5) is 11.2. The Hall–Kier alpha value is -3.86. The number of hydrogen-bond donors (Lipinski definition) is 1. The van der Waals surface area contributed by atoms with Crippen LogP contribution < -0.4 is 10.6 Å². The van der Waals surface area contributed by atoms with Gasteiger partial charge in [0.2, 0.25) is 11.8 Å². The number of aromatic nitrogens is 4. The van der Waals surface area contributed by atoms with Gasteiger partial charge < -0.3 is 15.1 Å². The van der Waals surface area contributed by atoms with Crippen molar-refractivity contribution in [1.29, 1.82) is 5.26 Å². The zero-order valence-corrected chi connectivity index (χ0v) is 15.7. The van der Waals surface area contributed by atoms with Gasteiger partial charge in [-0.2, -0.15) is 14.8 Å².